The minimum Gasteiger partial charge on any atom is -0.492 e. The molecule has 1 aromatic carbocycles. The smallest absolute Gasteiger partial charge is 0.333 e. The largest absolute Gasteiger partial charge is 0.492 e. The first-order valence-electron chi connectivity index (χ1n) is 14.8. The molecule has 2 aromatic heterocycles. The molecule has 2 atom stereocenters. The fourth-order valence-electron chi connectivity index (χ4n) is 4.51. The predicted octanol–water partition coefficient (Wildman–Crippen LogP) is 2.28. The zero-order valence-electron chi connectivity index (χ0n) is 25.6. The van der Waals surface area contributed by atoms with E-state index in [9.17, 15) is 19.5 Å². The van der Waals surface area contributed by atoms with Crippen LogP contribution in [0, 0.1) is 0 Å². The number of ether oxygens (including phenoxy) is 2. The number of aromatic nitrogens is 4. The van der Waals surface area contributed by atoms with Crippen LogP contribution in [0.3, 0.4) is 0 Å². The van der Waals surface area contributed by atoms with Crippen LogP contribution in [-0.2, 0) is 47.2 Å². The van der Waals surface area contributed by atoms with Gasteiger partial charge in [-0.15, -0.1) is 0 Å². The van der Waals surface area contributed by atoms with Gasteiger partial charge in [0.25, 0.3) is 5.56 Å². The third-order valence-electron chi connectivity index (χ3n) is 6.75. The van der Waals surface area contributed by atoms with Gasteiger partial charge < -0.3 is 31.2 Å². The average molecular weight is 603 g/mol. The summed E-state index contributed by atoms with van der Waals surface area (Å²) in [5.41, 5.74) is 13.2. The van der Waals surface area contributed by atoms with Crippen molar-refractivity contribution >= 4 is 23.0 Å². The van der Waals surface area contributed by atoms with E-state index in [1.165, 1.54) is 0 Å². The van der Waals surface area contributed by atoms with Gasteiger partial charge in [0.05, 0.1) is 12.2 Å². The van der Waals surface area contributed by atoms with Gasteiger partial charge in [0.15, 0.2) is 11.6 Å². The summed E-state index contributed by atoms with van der Waals surface area (Å²) in [5.74, 6) is -0.549. The standard InChI is InChI=1S/C24H32N4O5.C6H14N2O2/c1-5-8-18-21-22(27(4)26-18)23(29)28(20(6-2)25-21)13-14-33-17-11-9-16(10-12-17)15-19(24(30)31)32-7-3;7-4-2-1-3-5(8)6(9)10/h9-12,19H,5-8,13-15H2,1-4H3,(H,30,31);5H,1-4,7-8H2,(H,9,10)/t;5-/m.0/s1. The van der Waals surface area contributed by atoms with Gasteiger partial charge in [-0.2, -0.15) is 5.10 Å². The van der Waals surface area contributed by atoms with Crippen LogP contribution >= 0.6 is 0 Å². The van der Waals surface area contributed by atoms with Crippen molar-refractivity contribution in [1.29, 1.82) is 0 Å². The van der Waals surface area contributed by atoms with Gasteiger partial charge in [-0.3, -0.25) is 18.8 Å². The maximum Gasteiger partial charge on any atom is 0.333 e. The maximum absolute atomic E-state index is 13.2. The zero-order valence-corrected chi connectivity index (χ0v) is 25.6. The van der Waals surface area contributed by atoms with Crippen LogP contribution in [0.5, 0.6) is 5.75 Å². The second-order valence-electron chi connectivity index (χ2n) is 10.1. The summed E-state index contributed by atoms with van der Waals surface area (Å²) < 4.78 is 14.4. The number of carboxylic acid groups (broad SMARTS) is 2. The summed E-state index contributed by atoms with van der Waals surface area (Å²) in [4.78, 5) is 39.3. The maximum atomic E-state index is 13.2. The Bertz CT molecular complexity index is 1370. The van der Waals surface area contributed by atoms with Gasteiger partial charge in [-0.05, 0) is 50.4 Å². The molecule has 2 heterocycles. The van der Waals surface area contributed by atoms with Crippen molar-refractivity contribution in [2.24, 2.45) is 18.5 Å². The zero-order chi connectivity index (χ0) is 31.9. The van der Waals surface area contributed by atoms with E-state index in [1.54, 1.807) is 35.4 Å². The van der Waals surface area contributed by atoms with Crippen LogP contribution in [-0.4, -0.2) is 73.4 Å². The van der Waals surface area contributed by atoms with E-state index in [2.05, 4.69) is 12.0 Å². The molecule has 0 aliphatic heterocycles. The lowest BCUT2D eigenvalue weighted by Crippen LogP contribution is -2.29. The number of aryl methyl sites for hydroxylation is 3. The molecule has 13 nitrogen and oxygen atoms in total. The topological polar surface area (TPSA) is 198 Å². The van der Waals surface area contributed by atoms with Gasteiger partial charge >= 0.3 is 11.9 Å². The first-order valence-corrected chi connectivity index (χ1v) is 14.8. The fourth-order valence-corrected chi connectivity index (χ4v) is 4.51. The van der Waals surface area contributed by atoms with E-state index in [1.807, 2.05) is 19.1 Å². The first kappa shape index (κ1) is 35.4. The molecule has 0 radical (unpaired) electrons. The van der Waals surface area contributed by atoms with Crippen LogP contribution in [0.25, 0.3) is 11.0 Å². The number of carbonyl (C=O) groups is 2. The molecule has 1 unspecified atom stereocenters. The van der Waals surface area contributed by atoms with Crippen molar-refractivity contribution in [2.75, 3.05) is 19.8 Å². The third kappa shape index (κ3) is 10.4. The highest BCUT2D eigenvalue weighted by atomic mass is 16.5. The lowest BCUT2D eigenvalue weighted by molar-refractivity contribution is -0.150. The second kappa shape index (κ2) is 18.0. The quantitative estimate of drug-likeness (QED) is 0.165. The Morgan fingerprint density at radius 1 is 1.07 bits per heavy atom. The van der Waals surface area contributed by atoms with Gasteiger partial charge in [0.2, 0.25) is 0 Å². The SMILES string of the molecule is CCCc1nn(C)c2c(=O)n(CCOc3ccc(CC(OCC)C(=O)O)cc3)c(CC)nc12.NCCCC[C@H](N)C(=O)O. The summed E-state index contributed by atoms with van der Waals surface area (Å²) in [6.45, 7) is 7.45. The molecular formula is C30H46N6O7. The Kier molecular flexibility index (Phi) is 14.8. The molecule has 3 rings (SSSR count). The number of nitrogens with zero attached hydrogens (tertiary/aromatic N) is 4. The number of aliphatic carboxylic acids is 2. The van der Waals surface area contributed by atoms with Crippen LogP contribution in [0.1, 0.15) is 63.5 Å². The van der Waals surface area contributed by atoms with E-state index >= 15 is 0 Å². The summed E-state index contributed by atoms with van der Waals surface area (Å²) in [5, 5.41) is 22.1. The lowest BCUT2D eigenvalue weighted by Gasteiger charge is -2.14. The van der Waals surface area contributed by atoms with Gasteiger partial charge in [0.1, 0.15) is 29.7 Å². The number of rotatable bonds is 17. The lowest BCUT2D eigenvalue weighted by atomic mass is 10.1. The average Bonchev–Trinajstić information content (AvgIpc) is 3.29. The summed E-state index contributed by atoms with van der Waals surface area (Å²) in [7, 11) is 1.78. The highest BCUT2D eigenvalue weighted by Crippen LogP contribution is 2.17. The Morgan fingerprint density at radius 3 is 2.33 bits per heavy atom. The van der Waals surface area contributed by atoms with Crippen molar-refractivity contribution in [3.8, 4) is 5.75 Å². The highest BCUT2D eigenvalue weighted by Gasteiger charge is 2.19. The van der Waals surface area contributed by atoms with Crippen molar-refractivity contribution in [3.05, 3.63) is 51.7 Å². The molecule has 43 heavy (non-hydrogen) atoms. The Labute approximate surface area is 251 Å². The van der Waals surface area contributed by atoms with Crippen molar-refractivity contribution in [3.63, 3.8) is 0 Å². The number of hydrogen-bond donors (Lipinski definition) is 4. The van der Waals surface area contributed by atoms with Crippen LogP contribution in [0.2, 0.25) is 0 Å². The minimum atomic E-state index is -0.977. The Morgan fingerprint density at radius 2 is 1.77 bits per heavy atom. The molecule has 6 N–H and O–H groups in total. The molecule has 238 valence electrons. The number of nitrogens with two attached hydrogens (primary N) is 2. The van der Waals surface area contributed by atoms with Gasteiger partial charge in [-0.25, -0.2) is 9.78 Å². The number of carboxylic acids is 2. The van der Waals surface area contributed by atoms with Gasteiger partial charge in [-0.1, -0.05) is 38.8 Å². The minimum absolute atomic E-state index is 0.108. The van der Waals surface area contributed by atoms with E-state index in [-0.39, 0.29) is 12.0 Å². The monoisotopic (exact) mass is 602 g/mol. The van der Waals surface area contributed by atoms with Gasteiger partial charge in [0, 0.05) is 26.5 Å². The third-order valence-corrected chi connectivity index (χ3v) is 6.75. The van der Waals surface area contributed by atoms with Crippen LogP contribution in [0.4, 0.5) is 0 Å². The van der Waals surface area contributed by atoms with E-state index in [0.717, 1.165) is 36.9 Å². The Hall–Kier alpha value is -3.81. The molecule has 0 fully saturated rings. The normalized spacial score (nSPS) is 12.4. The Balaban J connectivity index is 0.000000553. The van der Waals surface area contributed by atoms with Crippen molar-refractivity contribution < 1.29 is 29.3 Å². The second-order valence-corrected chi connectivity index (χ2v) is 10.1. The molecule has 0 bridgehead atoms. The van der Waals surface area contributed by atoms with Crippen LogP contribution < -0.4 is 21.8 Å². The molecule has 0 spiro atoms. The number of hydrogen-bond acceptors (Lipinski definition) is 9. The van der Waals surface area contributed by atoms with Crippen LogP contribution in [0.15, 0.2) is 29.1 Å². The molecular weight excluding hydrogens is 556 g/mol. The molecule has 0 aliphatic carbocycles. The number of fused-ring (bicyclic) bond motifs is 1. The molecule has 0 aliphatic rings. The first-order chi connectivity index (χ1) is 20.6. The number of unbranched alkanes of at least 4 members (excludes halogenated alkanes) is 1. The predicted molar refractivity (Wildman–Crippen MR) is 163 cm³/mol. The summed E-state index contributed by atoms with van der Waals surface area (Å²) in [6, 6.07) is 6.53. The molecule has 3 aromatic rings. The molecule has 0 saturated heterocycles. The van der Waals surface area contributed by atoms with E-state index in [0.29, 0.717) is 61.8 Å². The van der Waals surface area contributed by atoms with Crippen molar-refractivity contribution in [1.82, 2.24) is 19.3 Å². The van der Waals surface area contributed by atoms with E-state index in [4.69, 9.17) is 31.0 Å². The van der Waals surface area contributed by atoms with E-state index < -0.39 is 24.1 Å². The molecule has 0 saturated carbocycles. The molecule has 0 amide bonds. The number of benzene rings is 1. The molecule has 13 heteroatoms. The summed E-state index contributed by atoms with van der Waals surface area (Å²) in [6.07, 6.45) is 3.94. The van der Waals surface area contributed by atoms with Crippen molar-refractivity contribution in [2.45, 2.75) is 84.4 Å². The fraction of sp³-hybridized carbons (Fsp3) is 0.567. The highest BCUT2D eigenvalue weighted by molar-refractivity contribution is 5.76. The summed E-state index contributed by atoms with van der Waals surface area (Å²) >= 11 is 0.